The summed E-state index contributed by atoms with van der Waals surface area (Å²) in [5.74, 6) is 1.45. The summed E-state index contributed by atoms with van der Waals surface area (Å²) in [6, 6.07) is 2.18. The highest BCUT2D eigenvalue weighted by atomic mass is 127. The number of ether oxygens (including phenoxy) is 1. The number of piperidine rings is 1. The lowest BCUT2D eigenvalue weighted by atomic mass is 9.96. The maximum atomic E-state index is 12.5. The average molecular weight is 547 g/mol. The van der Waals surface area contributed by atoms with Crippen LogP contribution >= 0.6 is 38.5 Å². The number of aromatic nitrogens is 3. The van der Waals surface area contributed by atoms with Gasteiger partial charge in [-0.1, -0.05) is 22.6 Å². The first kappa shape index (κ1) is 19.4. The van der Waals surface area contributed by atoms with Crippen molar-refractivity contribution in [2.24, 2.45) is 5.92 Å². The number of hydrogen-bond donors (Lipinski definition) is 0. The van der Waals surface area contributed by atoms with Crippen LogP contribution in [0.3, 0.4) is 0 Å². The van der Waals surface area contributed by atoms with E-state index in [1.165, 1.54) is 18.4 Å². The SMILES string of the molecule is CC(C)(C)OC(=O)C1CCN(c2ncnn3c(Br)cc(C4CC4)c23)[C@H](I)C1. The van der Waals surface area contributed by atoms with Crippen LogP contribution in [0.5, 0.6) is 0 Å². The van der Waals surface area contributed by atoms with Gasteiger partial charge in [0.25, 0.3) is 0 Å². The molecule has 2 aliphatic rings. The van der Waals surface area contributed by atoms with E-state index >= 15 is 0 Å². The summed E-state index contributed by atoms with van der Waals surface area (Å²) in [6.07, 6.45) is 5.63. The summed E-state index contributed by atoms with van der Waals surface area (Å²) in [4.78, 5) is 19.5. The molecule has 146 valence electrons. The van der Waals surface area contributed by atoms with Gasteiger partial charge in [0.1, 0.15) is 22.0 Å². The predicted octanol–water partition coefficient (Wildman–Crippen LogP) is 4.69. The molecule has 8 heteroatoms. The van der Waals surface area contributed by atoms with E-state index in [0.717, 1.165) is 35.3 Å². The molecule has 6 nitrogen and oxygen atoms in total. The third-order valence-electron chi connectivity index (χ3n) is 5.09. The molecule has 0 aromatic carbocycles. The summed E-state index contributed by atoms with van der Waals surface area (Å²) >= 11 is 6.06. The number of fused-ring (bicyclic) bond motifs is 1. The zero-order valence-corrected chi connectivity index (χ0v) is 19.5. The Kier molecular flexibility index (Phi) is 5.15. The van der Waals surface area contributed by atoms with Gasteiger partial charge in [-0.3, -0.25) is 4.79 Å². The fourth-order valence-electron chi connectivity index (χ4n) is 3.69. The normalized spacial score (nSPS) is 23.7. The lowest BCUT2D eigenvalue weighted by Crippen LogP contribution is -2.43. The summed E-state index contributed by atoms with van der Waals surface area (Å²) in [6.45, 7) is 6.55. The quantitative estimate of drug-likeness (QED) is 0.242. The Morgan fingerprint density at radius 2 is 2.07 bits per heavy atom. The first-order valence-corrected chi connectivity index (χ1v) is 11.4. The molecule has 2 aromatic rings. The first-order chi connectivity index (χ1) is 12.7. The van der Waals surface area contributed by atoms with Gasteiger partial charge >= 0.3 is 5.97 Å². The van der Waals surface area contributed by atoms with Crippen LogP contribution in [0, 0.1) is 5.92 Å². The molecule has 1 saturated carbocycles. The maximum absolute atomic E-state index is 12.5. The van der Waals surface area contributed by atoms with Crippen molar-refractivity contribution in [3.8, 4) is 0 Å². The van der Waals surface area contributed by atoms with Crippen LogP contribution in [-0.2, 0) is 9.53 Å². The van der Waals surface area contributed by atoms with Gasteiger partial charge in [0, 0.05) is 6.54 Å². The van der Waals surface area contributed by atoms with Crippen molar-refractivity contribution in [2.45, 2.75) is 62.0 Å². The van der Waals surface area contributed by atoms with Crippen molar-refractivity contribution >= 4 is 55.8 Å². The molecular formula is C19H24BrIN4O2. The maximum Gasteiger partial charge on any atom is 0.309 e. The minimum Gasteiger partial charge on any atom is -0.460 e. The van der Waals surface area contributed by atoms with E-state index in [0.29, 0.717) is 5.92 Å². The third-order valence-corrected chi connectivity index (χ3v) is 6.83. The van der Waals surface area contributed by atoms with E-state index in [1.807, 2.05) is 25.3 Å². The standard InChI is InChI=1S/C19H24BrIN4O2/c1-19(2,3)27-18(26)12-6-7-24(15(21)8-12)17-16-13(11-4-5-11)9-14(20)25(16)23-10-22-17/h9-12,15H,4-8H2,1-3H3/t12?,15-/m0/s1. The van der Waals surface area contributed by atoms with Gasteiger partial charge in [0.15, 0.2) is 5.82 Å². The molecule has 0 amide bonds. The topological polar surface area (TPSA) is 59.7 Å². The van der Waals surface area contributed by atoms with Crippen LogP contribution in [-0.4, -0.2) is 36.8 Å². The van der Waals surface area contributed by atoms with E-state index in [1.54, 1.807) is 6.33 Å². The van der Waals surface area contributed by atoms with Gasteiger partial charge in [0.05, 0.1) is 9.97 Å². The number of carbonyl (C=O) groups excluding carboxylic acids is 1. The highest BCUT2D eigenvalue weighted by Gasteiger charge is 2.36. The van der Waals surface area contributed by atoms with Crippen LogP contribution in [0.2, 0.25) is 0 Å². The Morgan fingerprint density at radius 3 is 2.70 bits per heavy atom. The molecule has 27 heavy (non-hydrogen) atoms. The second kappa shape index (κ2) is 7.17. The second-order valence-corrected chi connectivity index (χ2v) is 10.7. The van der Waals surface area contributed by atoms with Crippen molar-refractivity contribution in [1.82, 2.24) is 14.6 Å². The summed E-state index contributed by atoms with van der Waals surface area (Å²) in [5.41, 5.74) is 1.99. The molecule has 4 rings (SSSR count). The predicted molar refractivity (Wildman–Crippen MR) is 116 cm³/mol. The van der Waals surface area contributed by atoms with E-state index in [4.69, 9.17) is 4.74 Å². The van der Waals surface area contributed by atoms with Crippen LogP contribution in [0.1, 0.15) is 57.9 Å². The monoisotopic (exact) mass is 546 g/mol. The van der Waals surface area contributed by atoms with Crippen molar-refractivity contribution in [3.63, 3.8) is 0 Å². The molecule has 0 spiro atoms. The van der Waals surface area contributed by atoms with Crippen LogP contribution in [0.25, 0.3) is 5.52 Å². The zero-order chi connectivity index (χ0) is 19.3. The van der Waals surface area contributed by atoms with Crippen LogP contribution in [0.4, 0.5) is 5.82 Å². The lowest BCUT2D eigenvalue weighted by molar-refractivity contribution is -0.160. The molecule has 2 aromatic heterocycles. The van der Waals surface area contributed by atoms with Crippen LogP contribution < -0.4 is 4.90 Å². The lowest BCUT2D eigenvalue weighted by Gasteiger charge is -2.37. The second-order valence-electron chi connectivity index (χ2n) is 8.42. The summed E-state index contributed by atoms with van der Waals surface area (Å²) in [7, 11) is 0. The summed E-state index contributed by atoms with van der Waals surface area (Å²) < 4.78 is 8.70. The van der Waals surface area contributed by atoms with Gasteiger partial charge in [-0.25, -0.2) is 9.50 Å². The van der Waals surface area contributed by atoms with Crippen molar-refractivity contribution < 1.29 is 9.53 Å². The fraction of sp³-hybridized carbons (Fsp3) is 0.632. The number of halogens is 2. The number of anilines is 1. The number of alkyl halides is 1. The Bertz CT molecular complexity index is 874. The van der Waals surface area contributed by atoms with Gasteiger partial charge in [0.2, 0.25) is 0 Å². The van der Waals surface area contributed by atoms with Crippen molar-refractivity contribution in [3.05, 3.63) is 22.6 Å². The fourth-order valence-corrected chi connectivity index (χ4v) is 5.36. The molecule has 2 fully saturated rings. The van der Waals surface area contributed by atoms with Gasteiger partial charge in [-0.05, 0) is 79.9 Å². The summed E-state index contributed by atoms with van der Waals surface area (Å²) in [5, 5.41) is 4.43. The van der Waals surface area contributed by atoms with Crippen LogP contribution in [0.15, 0.2) is 17.0 Å². The molecule has 3 heterocycles. The average Bonchev–Trinajstić information content (AvgIpc) is 3.37. The van der Waals surface area contributed by atoms with Crippen molar-refractivity contribution in [2.75, 3.05) is 11.4 Å². The third kappa shape index (κ3) is 3.97. The highest BCUT2D eigenvalue weighted by molar-refractivity contribution is 14.1. The molecule has 1 aliphatic heterocycles. The minimum absolute atomic E-state index is 0.0540. The number of nitrogens with zero attached hydrogens (tertiary/aromatic N) is 4. The number of rotatable bonds is 3. The van der Waals surface area contributed by atoms with E-state index in [2.05, 4.69) is 59.6 Å². The first-order valence-electron chi connectivity index (χ1n) is 9.40. The van der Waals surface area contributed by atoms with E-state index in [-0.39, 0.29) is 15.9 Å². The zero-order valence-electron chi connectivity index (χ0n) is 15.8. The molecule has 0 radical (unpaired) electrons. The Balaban J connectivity index is 1.59. The van der Waals surface area contributed by atoms with E-state index < -0.39 is 5.60 Å². The number of hydrogen-bond acceptors (Lipinski definition) is 5. The smallest absolute Gasteiger partial charge is 0.309 e. The van der Waals surface area contributed by atoms with E-state index in [9.17, 15) is 4.79 Å². The Hall–Kier alpha value is -0.900. The highest BCUT2D eigenvalue weighted by Crippen LogP contribution is 2.46. The Labute approximate surface area is 181 Å². The van der Waals surface area contributed by atoms with Gasteiger partial charge in [-0.2, -0.15) is 5.10 Å². The molecule has 1 unspecified atom stereocenters. The minimum atomic E-state index is -0.439. The largest absolute Gasteiger partial charge is 0.460 e. The number of esters is 1. The molecule has 2 atom stereocenters. The Morgan fingerprint density at radius 1 is 1.33 bits per heavy atom. The molecule has 0 bridgehead atoms. The van der Waals surface area contributed by atoms with Crippen molar-refractivity contribution in [1.29, 1.82) is 0 Å². The number of carbonyl (C=O) groups is 1. The molecular weight excluding hydrogens is 523 g/mol. The molecule has 0 N–H and O–H groups in total. The molecule has 1 aliphatic carbocycles. The van der Waals surface area contributed by atoms with Gasteiger partial charge in [-0.15, -0.1) is 0 Å². The van der Waals surface area contributed by atoms with Gasteiger partial charge < -0.3 is 9.64 Å². The molecule has 1 saturated heterocycles.